The molecule has 140 valence electrons. The van der Waals surface area contributed by atoms with Gasteiger partial charge in [-0.1, -0.05) is 25.1 Å². The molecule has 0 unspecified atom stereocenters. The minimum absolute atomic E-state index is 0.0485. The number of likely N-dealkylation sites (N-methyl/N-ethyl adjacent to an activating group) is 1. The lowest BCUT2D eigenvalue weighted by Gasteiger charge is -2.42. The van der Waals surface area contributed by atoms with E-state index in [1.807, 2.05) is 43.0 Å². The van der Waals surface area contributed by atoms with Gasteiger partial charge in [-0.25, -0.2) is 4.79 Å². The Balaban J connectivity index is 1.47. The van der Waals surface area contributed by atoms with Gasteiger partial charge in [-0.2, -0.15) is 0 Å². The first-order valence-electron chi connectivity index (χ1n) is 8.95. The number of nitrogens with one attached hydrogen (secondary N) is 2. The maximum absolute atomic E-state index is 12.2. The van der Waals surface area contributed by atoms with Gasteiger partial charge in [-0.15, -0.1) is 0 Å². The van der Waals surface area contributed by atoms with Crippen molar-refractivity contribution < 1.29 is 19.1 Å². The summed E-state index contributed by atoms with van der Waals surface area (Å²) in [6.45, 7) is 5.00. The number of carboxylic acid groups (broad SMARTS) is 1. The number of fused-ring (bicyclic) bond motifs is 1. The van der Waals surface area contributed by atoms with Gasteiger partial charge in [0.2, 0.25) is 0 Å². The van der Waals surface area contributed by atoms with Crippen molar-refractivity contribution in [3.05, 3.63) is 35.6 Å². The molecule has 0 radical (unpaired) electrons. The molecule has 1 aromatic heterocycles. The number of hydrogen-bond acceptors (Lipinski definition) is 4. The summed E-state index contributed by atoms with van der Waals surface area (Å²) in [6, 6.07) is 7.87. The lowest BCUT2D eigenvalue weighted by molar-refractivity contribution is -0.139. The molecule has 0 bridgehead atoms. The van der Waals surface area contributed by atoms with Crippen molar-refractivity contribution in [3.63, 3.8) is 0 Å². The van der Waals surface area contributed by atoms with E-state index in [2.05, 4.69) is 10.6 Å². The number of carbonyl (C=O) groups is 2. The maximum atomic E-state index is 12.2. The number of aryl methyl sites for hydroxylation is 1. The van der Waals surface area contributed by atoms with Crippen LogP contribution in [0.5, 0.6) is 0 Å². The number of aliphatic carboxylic acids is 1. The number of carbonyl (C=O) groups excluding carboxylic acids is 1. The predicted octanol–water partition coefficient (Wildman–Crippen LogP) is 2.48. The maximum Gasteiger partial charge on any atom is 0.317 e. The highest BCUT2D eigenvalue weighted by atomic mass is 16.4. The van der Waals surface area contributed by atoms with Crippen LogP contribution in [0.4, 0.5) is 4.79 Å². The van der Waals surface area contributed by atoms with Crippen molar-refractivity contribution in [1.82, 2.24) is 15.5 Å². The zero-order valence-electron chi connectivity index (χ0n) is 15.1. The van der Waals surface area contributed by atoms with E-state index < -0.39 is 5.97 Å². The third kappa shape index (κ3) is 3.99. The largest absolute Gasteiger partial charge is 0.480 e. The third-order valence-corrected chi connectivity index (χ3v) is 5.04. The molecule has 0 atom stereocenters. The molecule has 0 spiro atoms. The number of nitrogens with zero attached hydrogens (tertiary/aromatic N) is 1. The van der Waals surface area contributed by atoms with Crippen molar-refractivity contribution in [2.75, 3.05) is 13.1 Å². The Labute approximate surface area is 152 Å². The van der Waals surface area contributed by atoms with Crippen LogP contribution in [0.2, 0.25) is 0 Å². The van der Waals surface area contributed by atoms with E-state index >= 15 is 0 Å². The summed E-state index contributed by atoms with van der Waals surface area (Å²) in [7, 11) is 0. The van der Waals surface area contributed by atoms with Crippen molar-refractivity contribution in [2.45, 2.75) is 45.3 Å². The van der Waals surface area contributed by atoms with Crippen LogP contribution in [0, 0.1) is 6.92 Å². The molecule has 2 aromatic rings. The van der Waals surface area contributed by atoms with Crippen molar-refractivity contribution in [2.24, 2.45) is 0 Å². The molecule has 1 aliphatic rings. The van der Waals surface area contributed by atoms with Gasteiger partial charge in [0.05, 0.1) is 6.54 Å². The fraction of sp³-hybridized carbons (Fsp3) is 0.474. The first-order valence-corrected chi connectivity index (χ1v) is 8.95. The van der Waals surface area contributed by atoms with Crippen molar-refractivity contribution in [1.29, 1.82) is 0 Å². The first-order chi connectivity index (χ1) is 12.5. The summed E-state index contributed by atoms with van der Waals surface area (Å²) < 4.78 is 5.70. The average molecular weight is 359 g/mol. The summed E-state index contributed by atoms with van der Waals surface area (Å²) in [5, 5.41) is 15.8. The first kappa shape index (κ1) is 18.3. The second kappa shape index (κ2) is 7.78. The van der Waals surface area contributed by atoms with Crippen LogP contribution in [0.3, 0.4) is 0 Å². The normalized spacial score (nSPS) is 19.3. The number of rotatable bonds is 7. The topological polar surface area (TPSA) is 94.8 Å². The van der Waals surface area contributed by atoms with Crippen LogP contribution >= 0.6 is 0 Å². The molecule has 1 heterocycles. The molecule has 3 rings (SSSR count). The lowest BCUT2D eigenvalue weighted by atomic mass is 9.85. The molecule has 1 aliphatic carbocycles. The number of para-hydroxylation sites is 1. The summed E-state index contributed by atoms with van der Waals surface area (Å²) in [5.41, 5.74) is 1.81. The van der Waals surface area contributed by atoms with Crippen LogP contribution in [-0.4, -0.2) is 47.2 Å². The van der Waals surface area contributed by atoms with Gasteiger partial charge in [0.1, 0.15) is 11.3 Å². The quantitative estimate of drug-likeness (QED) is 0.706. The molecule has 1 fully saturated rings. The van der Waals surface area contributed by atoms with Crippen molar-refractivity contribution in [3.8, 4) is 0 Å². The smallest absolute Gasteiger partial charge is 0.317 e. The van der Waals surface area contributed by atoms with Crippen LogP contribution in [-0.2, 0) is 11.3 Å². The minimum atomic E-state index is -0.816. The zero-order valence-corrected chi connectivity index (χ0v) is 15.1. The van der Waals surface area contributed by atoms with Gasteiger partial charge in [0, 0.05) is 29.6 Å². The molecule has 2 amide bonds. The van der Waals surface area contributed by atoms with E-state index in [1.54, 1.807) is 0 Å². The van der Waals surface area contributed by atoms with E-state index in [-0.39, 0.29) is 24.7 Å². The van der Waals surface area contributed by atoms with Crippen LogP contribution in [0.15, 0.2) is 28.7 Å². The van der Waals surface area contributed by atoms with Crippen LogP contribution in [0.1, 0.15) is 31.1 Å². The third-order valence-electron chi connectivity index (χ3n) is 5.04. The lowest BCUT2D eigenvalue weighted by Crippen LogP contribution is -2.56. The molecule has 1 saturated carbocycles. The predicted molar refractivity (Wildman–Crippen MR) is 98.0 cm³/mol. The SMILES string of the molecule is CCN(CC(=O)O)C1CC(NC(=O)NCc2c(C)oc3ccccc23)C1. The molecule has 0 aliphatic heterocycles. The van der Waals surface area contributed by atoms with Gasteiger partial charge < -0.3 is 20.2 Å². The molecule has 0 saturated heterocycles. The highest BCUT2D eigenvalue weighted by molar-refractivity contribution is 5.83. The second-order valence-electron chi connectivity index (χ2n) is 6.74. The van der Waals surface area contributed by atoms with E-state index in [9.17, 15) is 9.59 Å². The molecule has 7 nitrogen and oxygen atoms in total. The van der Waals surface area contributed by atoms with Crippen LogP contribution < -0.4 is 10.6 Å². The highest BCUT2D eigenvalue weighted by Crippen LogP contribution is 2.26. The van der Waals surface area contributed by atoms with E-state index in [0.717, 1.165) is 35.1 Å². The average Bonchev–Trinajstić information content (AvgIpc) is 2.89. The summed E-state index contributed by atoms with van der Waals surface area (Å²) in [5.74, 6) is -0.00817. The van der Waals surface area contributed by atoms with E-state index in [1.165, 1.54) is 0 Å². The number of urea groups is 1. The van der Waals surface area contributed by atoms with Gasteiger partial charge in [-0.05, 0) is 32.4 Å². The molecular formula is C19H25N3O4. The Morgan fingerprint density at radius 2 is 2.04 bits per heavy atom. The Bertz CT molecular complexity index is 795. The van der Waals surface area contributed by atoms with Gasteiger partial charge in [-0.3, -0.25) is 9.69 Å². The van der Waals surface area contributed by atoms with E-state index in [0.29, 0.717) is 13.1 Å². The summed E-state index contributed by atoms with van der Waals surface area (Å²) >= 11 is 0. The number of benzene rings is 1. The van der Waals surface area contributed by atoms with E-state index in [4.69, 9.17) is 9.52 Å². The molecular weight excluding hydrogens is 334 g/mol. The van der Waals surface area contributed by atoms with Gasteiger partial charge >= 0.3 is 12.0 Å². The van der Waals surface area contributed by atoms with Gasteiger partial charge in [0.15, 0.2) is 0 Å². The Morgan fingerprint density at radius 1 is 1.31 bits per heavy atom. The number of hydrogen-bond donors (Lipinski definition) is 3. The fourth-order valence-electron chi connectivity index (χ4n) is 3.52. The molecule has 7 heteroatoms. The number of amides is 2. The van der Waals surface area contributed by atoms with Crippen molar-refractivity contribution >= 4 is 23.0 Å². The molecule has 26 heavy (non-hydrogen) atoms. The fourth-order valence-corrected chi connectivity index (χ4v) is 3.52. The number of carboxylic acids is 1. The minimum Gasteiger partial charge on any atom is -0.480 e. The molecule has 3 N–H and O–H groups in total. The molecule has 1 aromatic carbocycles. The summed E-state index contributed by atoms with van der Waals surface area (Å²) in [6.07, 6.45) is 1.56. The van der Waals surface area contributed by atoms with Gasteiger partial charge in [0.25, 0.3) is 0 Å². The number of furan rings is 1. The monoisotopic (exact) mass is 359 g/mol. The Kier molecular flexibility index (Phi) is 5.46. The Hall–Kier alpha value is -2.54. The summed E-state index contributed by atoms with van der Waals surface area (Å²) in [4.78, 5) is 24.9. The highest BCUT2D eigenvalue weighted by Gasteiger charge is 2.34. The van der Waals surface area contributed by atoms with Crippen LogP contribution in [0.25, 0.3) is 11.0 Å². The zero-order chi connectivity index (χ0) is 18.7. The standard InChI is InChI=1S/C19H25N3O4/c1-3-22(11-18(23)24)14-8-13(9-14)21-19(25)20-10-16-12(2)26-17-7-5-4-6-15(16)17/h4-7,13-14H,3,8-11H2,1-2H3,(H,23,24)(H2,20,21,25). The second-order valence-corrected chi connectivity index (χ2v) is 6.74. The Morgan fingerprint density at radius 3 is 2.73 bits per heavy atom.